The van der Waals surface area contributed by atoms with Gasteiger partial charge in [0.1, 0.15) is 5.75 Å². The largest absolute Gasteiger partial charge is 0.494 e. The number of thioether (sulfide) groups is 1. The Bertz CT molecular complexity index is 412. The Labute approximate surface area is 111 Å². The van der Waals surface area contributed by atoms with Crippen molar-refractivity contribution in [2.75, 3.05) is 30.5 Å². The van der Waals surface area contributed by atoms with Crippen LogP contribution in [-0.4, -0.2) is 35.7 Å². The van der Waals surface area contributed by atoms with Gasteiger partial charge in [0.15, 0.2) is 0 Å². The second-order valence-corrected chi connectivity index (χ2v) is 5.24. The van der Waals surface area contributed by atoms with Crippen molar-refractivity contribution in [3.63, 3.8) is 0 Å². The van der Waals surface area contributed by atoms with Crippen molar-refractivity contribution >= 4 is 29.0 Å². The lowest BCUT2D eigenvalue weighted by atomic mass is 10.2. The molecule has 0 radical (unpaired) electrons. The van der Waals surface area contributed by atoms with Crippen molar-refractivity contribution < 1.29 is 14.6 Å². The van der Waals surface area contributed by atoms with Gasteiger partial charge in [0.2, 0.25) is 5.91 Å². The Hall–Kier alpha value is -1.40. The molecule has 1 aromatic rings. The summed E-state index contributed by atoms with van der Waals surface area (Å²) >= 11 is 1.39. The third kappa shape index (κ3) is 4.46. The summed E-state index contributed by atoms with van der Waals surface area (Å²) in [6.45, 7) is 1.92. The van der Waals surface area contributed by atoms with Crippen molar-refractivity contribution in [2.45, 2.75) is 12.2 Å². The fraction of sp³-hybridized carbons (Fsp3) is 0.417. The molecule has 1 atom stereocenters. The van der Waals surface area contributed by atoms with Crippen LogP contribution in [0.25, 0.3) is 0 Å². The first-order valence-electron chi connectivity index (χ1n) is 5.52. The Morgan fingerprint density at radius 1 is 1.61 bits per heavy atom. The summed E-state index contributed by atoms with van der Waals surface area (Å²) in [4.78, 5) is 11.7. The molecule has 18 heavy (non-hydrogen) atoms. The van der Waals surface area contributed by atoms with Gasteiger partial charge in [-0.3, -0.25) is 4.79 Å². The van der Waals surface area contributed by atoms with Gasteiger partial charge in [-0.15, -0.1) is 11.8 Å². The van der Waals surface area contributed by atoms with E-state index in [9.17, 15) is 4.79 Å². The minimum absolute atomic E-state index is 0.0454. The van der Waals surface area contributed by atoms with E-state index in [1.807, 2.05) is 6.92 Å². The molecule has 0 aliphatic carbocycles. The fourth-order valence-electron chi connectivity index (χ4n) is 1.27. The summed E-state index contributed by atoms with van der Waals surface area (Å²) in [5.41, 5.74) is 6.79. The molecule has 6 heteroatoms. The van der Waals surface area contributed by atoms with Crippen LogP contribution in [0.5, 0.6) is 5.75 Å². The number of nitrogens with two attached hydrogens (primary N) is 1. The quantitative estimate of drug-likeness (QED) is 0.679. The van der Waals surface area contributed by atoms with Gasteiger partial charge in [0.25, 0.3) is 0 Å². The first-order chi connectivity index (χ1) is 8.56. The molecule has 0 aliphatic rings. The Kier molecular flexibility index (Phi) is 5.80. The van der Waals surface area contributed by atoms with Crippen LogP contribution < -0.4 is 15.8 Å². The molecule has 0 spiro atoms. The topological polar surface area (TPSA) is 84.6 Å². The molecule has 0 aromatic heterocycles. The lowest BCUT2D eigenvalue weighted by molar-refractivity contribution is -0.113. The molecule has 5 nitrogen and oxygen atoms in total. The number of ether oxygens (including phenoxy) is 1. The lowest BCUT2D eigenvalue weighted by Gasteiger charge is -2.11. The van der Waals surface area contributed by atoms with Crippen molar-refractivity contribution in [3.8, 4) is 5.75 Å². The first kappa shape index (κ1) is 14.7. The molecule has 1 aromatic carbocycles. The van der Waals surface area contributed by atoms with E-state index in [0.29, 0.717) is 17.1 Å². The van der Waals surface area contributed by atoms with Crippen LogP contribution in [0.3, 0.4) is 0 Å². The Morgan fingerprint density at radius 2 is 2.33 bits per heavy atom. The highest BCUT2D eigenvalue weighted by atomic mass is 32.2. The molecule has 0 bridgehead atoms. The molecule has 4 N–H and O–H groups in total. The van der Waals surface area contributed by atoms with E-state index in [1.165, 1.54) is 18.9 Å². The van der Waals surface area contributed by atoms with Crippen LogP contribution in [0.15, 0.2) is 18.2 Å². The maximum atomic E-state index is 11.7. The zero-order valence-electron chi connectivity index (χ0n) is 10.5. The number of rotatable bonds is 6. The second kappa shape index (κ2) is 7.13. The zero-order valence-corrected chi connectivity index (χ0v) is 11.3. The van der Waals surface area contributed by atoms with E-state index in [2.05, 4.69) is 5.32 Å². The molecule has 0 fully saturated rings. The van der Waals surface area contributed by atoms with Gasteiger partial charge in [-0.2, -0.15) is 0 Å². The highest BCUT2D eigenvalue weighted by Crippen LogP contribution is 2.26. The number of carbonyl (C=O) groups excluding carboxylic acids is 1. The van der Waals surface area contributed by atoms with Crippen LogP contribution in [-0.2, 0) is 4.79 Å². The summed E-state index contributed by atoms with van der Waals surface area (Å²) in [6, 6.07) is 5.05. The molecule has 1 rings (SSSR count). The number of hydrogen-bond donors (Lipinski definition) is 3. The van der Waals surface area contributed by atoms with Gasteiger partial charge >= 0.3 is 0 Å². The van der Waals surface area contributed by atoms with Crippen LogP contribution in [0.1, 0.15) is 6.92 Å². The Balaban J connectivity index is 2.59. The van der Waals surface area contributed by atoms with E-state index < -0.39 is 0 Å². The van der Waals surface area contributed by atoms with E-state index in [1.54, 1.807) is 18.2 Å². The van der Waals surface area contributed by atoms with Crippen molar-refractivity contribution in [1.29, 1.82) is 0 Å². The molecule has 0 saturated heterocycles. The normalized spacial score (nSPS) is 11.9. The van der Waals surface area contributed by atoms with Crippen molar-refractivity contribution in [1.82, 2.24) is 0 Å². The average molecular weight is 270 g/mol. The number of benzene rings is 1. The number of carbonyl (C=O) groups is 1. The van der Waals surface area contributed by atoms with Crippen LogP contribution in [0.2, 0.25) is 0 Å². The van der Waals surface area contributed by atoms with Crippen molar-refractivity contribution in [3.05, 3.63) is 18.2 Å². The van der Waals surface area contributed by atoms with Crippen LogP contribution in [0.4, 0.5) is 11.4 Å². The number of hydrogen-bond acceptors (Lipinski definition) is 5. The lowest BCUT2D eigenvalue weighted by Crippen LogP contribution is -2.17. The van der Waals surface area contributed by atoms with E-state index in [0.717, 1.165) is 0 Å². The second-order valence-electron chi connectivity index (χ2n) is 3.81. The molecular formula is C12H18N2O3S. The van der Waals surface area contributed by atoms with Gasteiger partial charge in [-0.25, -0.2) is 0 Å². The molecule has 0 saturated carbocycles. The highest BCUT2D eigenvalue weighted by Gasteiger charge is 2.09. The predicted octanol–water partition coefficient (Wildman–Crippen LogP) is 1.33. The van der Waals surface area contributed by atoms with E-state index in [-0.39, 0.29) is 23.5 Å². The molecule has 0 aliphatic heterocycles. The summed E-state index contributed by atoms with van der Waals surface area (Å²) in [7, 11) is 1.52. The minimum Gasteiger partial charge on any atom is -0.494 e. The summed E-state index contributed by atoms with van der Waals surface area (Å²) in [5, 5.41) is 11.7. The smallest absolute Gasteiger partial charge is 0.234 e. The number of nitrogen functional groups attached to an aromatic ring is 1. The standard InChI is InChI=1S/C12H18N2O3S/c1-8(6-15)18-7-12(16)14-10-4-3-9(13)5-11(10)17-2/h3-5,8,15H,6-7,13H2,1-2H3,(H,14,16). The summed E-state index contributed by atoms with van der Waals surface area (Å²) in [6.07, 6.45) is 0. The third-order valence-corrected chi connectivity index (χ3v) is 3.40. The Morgan fingerprint density at radius 3 is 2.94 bits per heavy atom. The van der Waals surface area contributed by atoms with E-state index >= 15 is 0 Å². The number of amides is 1. The van der Waals surface area contributed by atoms with Gasteiger partial charge < -0.3 is 20.9 Å². The fourth-order valence-corrected chi connectivity index (χ4v) is 1.88. The molecular weight excluding hydrogens is 252 g/mol. The molecule has 1 unspecified atom stereocenters. The van der Waals surface area contributed by atoms with Gasteiger partial charge in [0.05, 0.1) is 25.2 Å². The molecule has 1 amide bonds. The predicted molar refractivity (Wildman–Crippen MR) is 75.0 cm³/mol. The zero-order chi connectivity index (χ0) is 13.5. The maximum Gasteiger partial charge on any atom is 0.234 e. The van der Waals surface area contributed by atoms with Gasteiger partial charge in [0, 0.05) is 17.0 Å². The number of methoxy groups -OCH3 is 1. The molecule has 0 heterocycles. The molecule has 100 valence electrons. The van der Waals surface area contributed by atoms with Crippen molar-refractivity contribution in [2.24, 2.45) is 0 Å². The monoisotopic (exact) mass is 270 g/mol. The maximum absolute atomic E-state index is 11.7. The minimum atomic E-state index is -0.136. The van der Waals surface area contributed by atoms with Gasteiger partial charge in [-0.05, 0) is 12.1 Å². The van der Waals surface area contributed by atoms with Gasteiger partial charge in [-0.1, -0.05) is 6.92 Å². The number of nitrogens with one attached hydrogen (secondary N) is 1. The summed E-state index contributed by atoms with van der Waals surface area (Å²) in [5.74, 6) is 0.682. The average Bonchev–Trinajstić information content (AvgIpc) is 2.37. The van der Waals surface area contributed by atoms with Crippen LogP contribution >= 0.6 is 11.8 Å². The van der Waals surface area contributed by atoms with Crippen LogP contribution in [0, 0.1) is 0 Å². The SMILES string of the molecule is COc1cc(N)ccc1NC(=O)CSC(C)CO. The third-order valence-electron chi connectivity index (χ3n) is 2.26. The highest BCUT2D eigenvalue weighted by molar-refractivity contribution is 8.00. The number of aliphatic hydroxyl groups is 1. The number of anilines is 2. The summed E-state index contributed by atoms with van der Waals surface area (Å²) < 4.78 is 5.13. The van der Waals surface area contributed by atoms with E-state index in [4.69, 9.17) is 15.6 Å². The number of aliphatic hydroxyl groups excluding tert-OH is 1. The first-order valence-corrected chi connectivity index (χ1v) is 6.57.